The monoisotopic (exact) mass is 252 g/mol. The normalized spacial score (nSPS) is 15.5. The van der Waals surface area contributed by atoms with Gasteiger partial charge in [-0.15, -0.1) is 0 Å². The lowest BCUT2D eigenvalue weighted by Crippen LogP contribution is -2.20. The third-order valence-electron chi connectivity index (χ3n) is 3.26. The highest BCUT2D eigenvalue weighted by atomic mass is 35.5. The summed E-state index contributed by atoms with van der Waals surface area (Å²) in [5.41, 5.74) is 1.57. The van der Waals surface area contributed by atoms with Crippen molar-refractivity contribution in [1.82, 2.24) is 0 Å². The lowest BCUT2D eigenvalue weighted by atomic mass is 9.86. The van der Waals surface area contributed by atoms with Crippen LogP contribution in [0.5, 0.6) is 5.75 Å². The highest BCUT2D eigenvalue weighted by Crippen LogP contribution is 2.33. The van der Waals surface area contributed by atoms with Crippen LogP contribution in [0, 0.1) is 12.8 Å². The van der Waals surface area contributed by atoms with Crippen LogP contribution in [0.15, 0.2) is 12.1 Å². The second-order valence-electron chi connectivity index (χ2n) is 4.79. The molecule has 1 saturated carbocycles. The number of hydrogen-bond acceptors (Lipinski definition) is 2. The van der Waals surface area contributed by atoms with E-state index in [4.69, 9.17) is 16.3 Å². The Bertz CT molecular complexity index is 436. The van der Waals surface area contributed by atoms with Gasteiger partial charge < -0.3 is 4.74 Å². The minimum absolute atomic E-state index is 0.000732. The van der Waals surface area contributed by atoms with Crippen molar-refractivity contribution >= 4 is 17.4 Å². The zero-order chi connectivity index (χ0) is 12.4. The van der Waals surface area contributed by atoms with Gasteiger partial charge >= 0.3 is 0 Å². The van der Waals surface area contributed by atoms with Crippen molar-refractivity contribution in [2.75, 3.05) is 6.61 Å². The summed E-state index contributed by atoms with van der Waals surface area (Å²) in [6, 6.07) is 3.68. The molecule has 0 amide bonds. The van der Waals surface area contributed by atoms with Crippen molar-refractivity contribution in [3.05, 3.63) is 28.3 Å². The molecule has 17 heavy (non-hydrogen) atoms. The van der Waals surface area contributed by atoms with Crippen LogP contribution in [-0.2, 0) is 0 Å². The lowest BCUT2D eigenvalue weighted by Gasteiger charge is -2.26. The maximum atomic E-state index is 11.6. The molecule has 0 radical (unpaired) electrons. The first-order chi connectivity index (χ1) is 8.08. The SMILES string of the molecule is CC(=O)c1cc(C)cc(Cl)c1OCC1CCC1. The van der Waals surface area contributed by atoms with Crippen LogP contribution < -0.4 is 4.74 Å². The van der Waals surface area contributed by atoms with Crippen molar-refractivity contribution in [3.63, 3.8) is 0 Å². The molecule has 0 bridgehead atoms. The number of benzene rings is 1. The Morgan fingerprint density at radius 1 is 1.47 bits per heavy atom. The molecule has 1 aromatic carbocycles. The average molecular weight is 253 g/mol. The number of carbonyl (C=O) groups is 1. The van der Waals surface area contributed by atoms with Gasteiger partial charge in [-0.25, -0.2) is 0 Å². The van der Waals surface area contributed by atoms with E-state index in [1.807, 2.05) is 19.1 Å². The van der Waals surface area contributed by atoms with Crippen molar-refractivity contribution < 1.29 is 9.53 Å². The fraction of sp³-hybridized carbons (Fsp3) is 0.500. The van der Waals surface area contributed by atoms with Gasteiger partial charge in [0.05, 0.1) is 17.2 Å². The van der Waals surface area contributed by atoms with Gasteiger partial charge in [0.15, 0.2) is 5.78 Å². The van der Waals surface area contributed by atoms with Crippen LogP contribution in [0.2, 0.25) is 5.02 Å². The highest BCUT2D eigenvalue weighted by molar-refractivity contribution is 6.32. The molecule has 1 fully saturated rings. The summed E-state index contributed by atoms with van der Waals surface area (Å²) in [5, 5.41) is 0.537. The van der Waals surface area contributed by atoms with E-state index in [-0.39, 0.29) is 5.78 Å². The second kappa shape index (κ2) is 5.09. The summed E-state index contributed by atoms with van der Waals surface area (Å²) in [6.45, 7) is 4.14. The first-order valence-electron chi connectivity index (χ1n) is 6.02. The molecule has 1 aliphatic rings. The summed E-state index contributed by atoms with van der Waals surface area (Å²) >= 11 is 6.15. The largest absolute Gasteiger partial charge is 0.491 e. The summed E-state index contributed by atoms with van der Waals surface area (Å²) in [5.74, 6) is 1.18. The number of Topliss-reactive ketones (excluding diaryl/α,β-unsaturated/α-hetero) is 1. The van der Waals surface area contributed by atoms with Crippen LogP contribution in [0.3, 0.4) is 0 Å². The summed E-state index contributed by atoms with van der Waals surface area (Å²) < 4.78 is 5.74. The Kier molecular flexibility index (Phi) is 3.72. The van der Waals surface area contributed by atoms with E-state index < -0.39 is 0 Å². The Hall–Kier alpha value is -1.02. The van der Waals surface area contributed by atoms with Crippen LogP contribution in [0.4, 0.5) is 0 Å². The molecule has 0 spiro atoms. The van der Waals surface area contributed by atoms with Crippen LogP contribution in [-0.4, -0.2) is 12.4 Å². The van der Waals surface area contributed by atoms with Crippen molar-refractivity contribution in [3.8, 4) is 5.75 Å². The Morgan fingerprint density at radius 2 is 2.18 bits per heavy atom. The molecular weight excluding hydrogens is 236 g/mol. The second-order valence-corrected chi connectivity index (χ2v) is 5.19. The Morgan fingerprint density at radius 3 is 2.71 bits per heavy atom. The maximum Gasteiger partial charge on any atom is 0.163 e. The molecule has 1 aromatic rings. The third-order valence-corrected chi connectivity index (χ3v) is 3.54. The zero-order valence-electron chi connectivity index (χ0n) is 10.3. The fourth-order valence-corrected chi connectivity index (χ4v) is 2.33. The summed E-state index contributed by atoms with van der Waals surface area (Å²) in [7, 11) is 0. The molecule has 0 aromatic heterocycles. The van der Waals surface area contributed by atoms with Crippen LogP contribution in [0.1, 0.15) is 42.1 Å². The van der Waals surface area contributed by atoms with E-state index in [1.54, 1.807) is 6.92 Å². The van der Waals surface area contributed by atoms with E-state index in [2.05, 4.69) is 0 Å². The van der Waals surface area contributed by atoms with Crippen LogP contribution in [0.25, 0.3) is 0 Å². The number of ketones is 1. The first-order valence-corrected chi connectivity index (χ1v) is 6.39. The van der Waals surface area contributed by atoms with Crippen molar-refractivity contribution in [2.45, 2.75) is 33.1 Å². The number of carbonyl (C=O) groups excluding carboxylic acids is 1. The molecule has 3 heteroatoms. The molecule has 0 heterocycles. The average Bonchev–Trinajstić information content (AvgIpc) is 2.17. The number of ether oxygens (including phenoxy) is 1. The van der Waals surface area contributed by atoms with Gasteiger partial charge in [-0.3, -0.25) is 4.79 Å². The molecule has 0 atom stereocenters. The Balaban J connectivity index is 2.20. The quantitative estimate of drug-likeness (QED) is 0.757. The highest BCUT2D eigenvalue weighted by Gasteiger charge is 2.20. The minimum atomic E-state index is -0.000732. The van der Waals surface area contributed by atoms with Gasteiger partial charge in [-0.1, -0.05) is 18.0 Å². The van der Waals surface area contributed by atoms with E-state index in [0.29, 0.717) is 28.9 Å². The predicted octanol–water partition coefficient (Wildman–Crippen LogP) is 4.03. The van der Waals surface area contributed by atoms with E-state index >= 15 is 0 Å². The molecule has 0 N–H and O–H groups in total. The van der Waals surface area contributed by atoms with Gasteiger partial charge in [0.1, 0.15) is 5.75 Å². The molecular formula is C14H17ClO2. The molecule has 2 nitrogen and oxygen atoms in total. The van der Waals surface area contributed by atoms with Crippen molar-refractivity contribution in [2.24, 2.45) is 5.92 Å². The maximum absolute atomic E-state index is 11.6. The number of rotatable bonds is 4. The topological polar surface area (TPSA) is 26.3 Å². The zero-order valence-corrected chi connectivity index (χ0v) is 11.0. The number of hydrogen-bond donors (Lipinski definition) is 0. The predicted molar refractivity (Wildman–Crippen MR) is 69.0 cm³/mol. The number of halogens is 1. The van der Waals surface area contributed by atoms with Gasteiger partial charge in [0.25, 0.3) is 0 Å². The van der Waals surface area contributed by atoms with Gasteiger partial charge in [0.2, 0.25) is 0 Å². The van der Waals surface area contributed by atoms with Crippen LogP contribution >= 0.6 is 11.6 Å². The summed E-state index contributed by atoms with van der Waals surface area (Å²) in [4.78, 5) is 11.6. The molecule has 0 unspecified atom stereocenters. The van der Waals surface area contributed by atoms with E-state index in [0.717, 1.165) is 5.56 Å². The molecule has 0 saturated heterocycles. The summed E-state index contributed by atoms with van der Waals surface area (Å²) in [6.07, 6.45) is 3.73. The van der Waals surface area contributed by atoms with Gasteiger partial charge in [0, 0.05) is 0 Å². The molecule has 2 rings (SSSR count). The smallest absolute Gasteiger partial charge is 0.163 e. The number of aryl methyl sites for hydroxylation is 1. The van der Waals surface area contributed by atoms with E-state index in [9.17, 15) is 4.79 Å². The Labute approximate surface area is 107 Å². The lowest BCUT2D eigenvalue weighted by molar-refractivity contribution is 0.101. The minimum Gasteiger partial charge on any atom is -0.491 e. The van der Waals surface area contributed by atoms with E-state index in [1.165, 1.54) is 19.3 Å². The fourth-order valence-electron chi connectivity index (χ4n) is 2.00. The first kappa shape index (κ1) is 12.4. The standard InChI is InChI=1S/C14H17ClO2/c1-9-6-12(10(2)16)14(13(15)7-9)17-8-11-4-3-5-11/h6-7,11H,3-5,8H2,1-2H3. The molecule has 92 valence electrons. The third kappa shape index (κ3) is 2.81. The molecule has 1 aliphatic carbocycles. The molecule has 0 aliphatic heterocycles. The van der Waals surface area contributed by atoms with Crippen molar-refractivity contribution in [1.29, 1.82) is 0 Å². The van der Waals surface area contributed by atoms with Gasteiger partial charge in [-0.05, 0) is 50.3 Å². The van der Waals surface area contributed by atoms with Gasteiger partial charge in [-0.2, -0.15) is 0 Å².